The maximum Gasteiger partial charge on any atom is 0.270 e. The Morgan fingerprint density at radius 1 is 1.17 bits per heavy atom. The number of rotatable bonds is 6. The van der Waals surface area contributed by atoms with E-state index in [2.05, 4.69) is 29.2 Å². The zero-order valence-electron chi connectivity index (χ0n) is 15.8. The highest BCUT2D eigenvalue weighted by molar-refractivity contribution is 7.13. The van der Waals surface area contributed by atoms with Crippen molar-refractivity contribution in [1.82, 2.24) is 9.88 Å². The summed E-state index contributed by atoms with van der Waals surface area (Å²) in [6.07, 6.45) is 0. The number of aromatic nitrogens is 1. The molecule has 1 saturated heterocycles. The molecule has 0 spiro atoms. The number of thiazole rings is 1. The first-order chi connectivity index (χ1) is 13.6. The van der Waals surface area contributed by atoms with E-state index in [1.807, 2.05) is 17.5 Å². The molecule has 0 unspecified atom stereocenters. The lowest BCUT2D eigenvalue weighted by molar-refractivity contribution is -0.384. The van der Waals surface area contributed by atoms with Crippen LogP contribution in [0.5, 0.6) is 0 Å². The van der Waals surface area contributed by atoms with Crippen LogP contribution in [0.1, 0.15) is 17.2 Å². The Hall–Kier alpha value is -2.32. The van der Waals surface area contributed by atoms with Crippen LogP contribution in [0.4, 0.5) is 5.69 Å². The fourth-order valence-corrected chi connectivity index (χ4v) is 4.71. The van der Waals surface area contributed by atoms with E-state index >= 15 is 0 Å². The number of non-ortho nitro benzene ring substituents is 1. The van der Waals surface area contributed by atoms with Crippen molar-refractivity contribution in [3.05, 3.63) is 81.3 Å². The summed E-state index contributed by atoms with van der Waals surface area (Å²) in [6, 6.07) is 17.2. The molecule has 1 aliphatic heterocycles. The van der Waals surface area contributed by atoms with E-state index in [-0.39, 0.29) is 23.0 Å². The third-order valence-corrected chi connectivity index (χ3v) is 6.23. The lowest BCUT2D eigenvalue weighted by Gasteiger charge is -2.16. The third kappa shape index (κ3) is 4.82. The molecule has 1 aromatic heterocycles. The monoisotopic (exact) mass is 430 g/mol. The highest BCUT2D eigenvalue weighted by atomic mass is 35.5. The molecule has 0 saturated carbocycles. The molecule has 0 amide bonds. The number of halogens is 1. The molecule has 2 heterocycles. The number of nitrogens with zero attached hydrogens (tertiary/aromatic N) is 3. The first-order valence-corrected chi connectivity index (χ1v) is 10.2. The molecule has 152 valence electrons. The molecule has 4 rings (SSSR count). The zero-order valence-corrected chi connectivity index (χ0v) is 17.4. The van der Waals surface area contributed by atoms with Gasteiger partial charge in [0.25, 0.3) is 5.69 Å². The molecule has 1 fully saturated rings. The maximum absolute atomic E-state index is 11.0. The lowest BCUT2D eigenvalue weighted by Crippen LogP contribution is -2.23. The van der Waals surface area contributed by atoms with Crippen molar-refractivity contribution in [3.63, 3.8) is 0 Å². The number of hydrogen-bond donors (Lipinski definition) is 1. The largest absolute Gasteiger partial charge is 0.330 e. The molecule has 29 heavy (non-hydrogen) atoms. The second-order valence-electron chi connectivity index (χ2n) is 7.16. The van der Waals surface area contributed by atoms with Crippen molar-refractivity contribution in [1.29, 1.82) is 0 Å². The van der Waals surface area contributed by atoms with E-state index in [1.165, 1.54) is 23.0 Å². The summed E-state index contributed by atoms with van der Waals surface area (Å²) in [5, 5.41) is 13.9. The predicted octanol–water partition coefficient (Wildman–Crippen LogP) is 4.31. The van der Waals surface area contributed by atoms with Gasteiger partial charge in [0.2, 0.25) is 0 Å². The SMILES string of the molecule is Cl.NC[C@@H]1CN(Cc2csc(-c3cccc([N+](=O)[O-])c3)n2)C[C@H]1c1ccccc1. The highest BCUT2D eigenvalue weighted by Gasteiger charge is 2.33. The van der Waals surface area contributed by atoms with Gasteiger partial charge in [-0.15, -0.1) is 23.7 Å². The van der Waals surface area contributed by atoms with Crippen molar-refractivity contribution >= 4 is 29.4 Å². The summed E-state index contributed by atoms with van der Waals surface area (Å²) >= 11 is 1.53. The first kappa shape index (κ1) is 21.4. The molecular weight excluding hydrogens is 408 g/mol. The van der Waals surface area contributed by atoms with Crippen LogP contribution in [-0.2, 0) is 6.54 Å². The summed E-state index contributed by atoms with van der Waals surface area (Å²) < 4.78 is 0. The number of likely N-dealkylation sites (tertiary alicyclic amines) is 1. The van der Waals surface area contributed by atoms with Crippen molar-refractivity contribution in [3.8, 4) is 10.6 Å². The molecule has 2 aromatic carbocycles. The van der Waals surface area contributed by atoms with Crippen LogP contribution >= 0.6 is 23.7 Å². The minimum absolute atomic E-state index is 0. The molecule has 8 heteroatoms. The fourth-order valence-electron chi connectivity index (χ4n) is 3.90. The van der Waals surface area contributed by atoms with Gasteiger partial charge in [-0.2, -0.15) is 0 Å². The molecule has 0 aliphatic carbocycles. The van der Waals surface area contributed by atoms with Gasteiger partial charge in [0, 0.05) is 48.6 Å². The standard InChI is InChI=1S/C21H22N4O2S.ClH/c22-10-17-11-24(13-20(17)15-5-2-1-3-6-15)12-18-14-28-21(23-18)16-7-4-8-19(9-16)25(26)27;/h1-9,14,17,20H,10-13,22H2;1H/t17-,20+;/m1./s1. The number of hydrogen-bond acceptors (Lipinski definition) is 6. The minimum atomic E-state index is -0.376. The van der Waals surface area contributed by atoms with E-state index in [1.54, 1.807) is 12.1 Å². The van der Waals surface area contributed by atoms with Gasteiger partial charge in [-0.25, -0.2) is 4.98 Å². The molecular formula is C21H23ClN4O2S. The summed E-state index contributed by atoms with van der Waals surface area (Å²) in [4.78, 5) is 17.7. The van der Waals surface area contributed by atoms with Crippen molar-refractivity contribution in [2.45, 2.75) is 12.5 Å². The summed E-state index contributed by atoms with van der Waals surface area (Å²) in [5.74, 6) is 0.887. The minimum Gasteiger partial charge on any atom is -0.330 e. The number of nitro groups is 1. The van der Waals surface area contributed by atoms with E-state index in [0.717, 1.165) is 35.9 Å². The Morgan fingerprint density at radius 3 is 2.69 bits per heavy atom. The summed E-state index contributed by atoms with van der Waals surface area (Å²) in [7, 11) is 0. The Balaban J connectivity index is 0.00000240. The third-order valence-electron chi connectivity index (χ3n) is 5.29. The van der Waals surface area contributed by atoms with Crippen molar-refractivity contribution in [2.24, 2.45) is 11.7 Å². The van der Waals surface area contributed by atoms with E-state index in [0.29, 0.717) is 18.4 Å². The number of nitrogens with two attached hydrogens (primary N) is 1. The maximum atomic E-state index is 11.0. The van der Waals surface area contributed by atoms with E-state index in [9.17, 15) is 10.1 Å². The van der Waals surface area contributed by atoms with Crippen LogP contribution < -0.4 is 5.73 Å². The van der Waals surface area contributed by atoms with Crippen LogP contribution in [0, 0.1) is 16.0 Å². The molecule has 3 aromatic rings. The average Bonchev–Trinajstić information content (AvgIpc) is 3.36. The molecule has 2 N–H and O–H groups in total. The normalized spacial score (nSPS) is 19.1. The Bertz CT molecular complexity index is 966. The van der Waals surface area contributed by atoms with E-state index in [4.69, 9.17) is 10.7 Å². The van der Waals surface area contributed by atoms with Gasteiger partial charge >= 0.3 is 0 Å². The molecule has 0 bridgehead atoms. The fraction of sp³-hybridized carbons (Fsp3) is 0.286. The molecule has 6 nitrogen and oxygen atoms in total. The highest BCUT2D eigenvalue weighted by Crippen LogP contribution is 2.33. The van der Waals surface area contributed by atoms with Crippen LogP contribution in [0.25, 0.3) is 10.6 Å². The predicted molar refractivity (Wildman–Crippen MR) is 118 cm³/mol. The lowest BCUT2D eigenvalue weighted by atomic mass is 9.89. The van der Waals surface area contributed by atoms with Crippen LogP contribution in [0.2, 0.25) is 0 Å². The zero-order chi connectivity index (χ0) is 19.5. The van der Waals surface area contributed by atoms with Gasteiger partial charge in [0.15, 0.2) is 0 Å². The van der Waals surface area contributed by atoms with Crippen LogP contribution in [0.15, 0.2) is 60.0 Å². The Labute approximate surface area is 179 Å². The number of benzene rings is 2. The molecule has 0 radical (unpaired) electrons. The Morgan fingerprint density at radius 2 is 1.97 bits per heavy atom. The van der Waals surface area contributed by atoms with Gasteiger partial charge in [-0.1, -0.05) is 42.5 Å². The van der Waals surface area contributed by atoms with Crippen molar-refractivity contribution < 1.29 is 4.92 Å². The number of nitro benzene ring substituents is 1. The average molecular weight is 431 g/mol. The van der Waals surface area contributed by atoms with Crippen LogP contribution in [-0.4, -0.2) is 34.4 Å². The molecule has 2 atom stereocenters. The van der Waals surface area contributed by atoms with E-state index < -0.39 is 0 Å². The summed E-state index contributed by atoms with van der Waals surface area (Å²) in [5.41, 5.74) is 9.25. The second kappa shape index (κ2) is 9.45. The van der Waals surface area contributed by atoms with Gasteiger partial charge in [-0.3, -0.25) is 15.0 Å². The van der Waals surface area contributed by atoms with Crippen molar-refractivity contribution in [2.75, 3.05) is 19.6 Å². The van der Waals surface area contributed by atoms with Gasteiger partial charge in [-0.05, 0) is 18.0 Å². The van der Waals surface area contributed by atoms with Gasteiger partial charge in [0.05, 0.1) is 10.6 Å². The Kier molecular flexibility index (Phi) is 6.97. The second-order valence-corrected chi connectivity index (χ2v) is 8.02. The van der Waals surface area contributed by atoms with Gasteiger partial charge in [0.1, 0.15) is 5.01 Å². The van der Waals surface area contributed by atoms with Crippen LogP contribution in [0.3, 0.4) is 0 Å². The first-order valence-electron chi connectivity index (χ1n) is 9.30. The summed E-state index contributed by atoms with van der Waals surface area (Å²) in [6.45, 7) is 3.37. The molecule has 1 aliphatic rings. The topological polar surface area (TPSA) is 85.3 Å². The van der Waals surface area contributed by atoms with Gasteiger partial charge < -0.3 is 5.73 Å². The smallest absolute Gasteiger partial charge is 0.270 e. The quantitative estimate of drug-likeness (QED) is 0.465.